The molecule has 0 aromatic heterocycles. The maximum Gasteiger partial charge on any atom is 0.127 e. The van der Waals surface area contributed by atoms with E-state index in [4.69, 9.17) is 0 Å². The van der Waals surface area contributed by atoms with E-state index in [1.165, 1.54) is 0 Å². The number of hydrogen-bond acceptors (Lipinski definition) is 2. The van der Waals surface area contributed by atoms with E-state index in [-0.39, 0.29) is 5.82 Å². The molecule has 1 unspecified atom stereocenters. The zero-order valence-corrected chi connectivity index (χ0v) is 9.03. The largest absolute Gasteiger partial charge is 0.316 e. The summed E-state index contributed by atoms with van der Waals surface area (Å²) >= 11 is 1.58. The quantitative estimate of drug-likeness (QED) is 0.755. The van der Waals surface area contributed by atoms with Gasteiger partial charge in [-0.3, -0.25) is 0 Å². The highest BCUT2D eigenvalue weighted by Crippen LogP contribution is 2.27. The van der Waals surface area contributed by atoms with E-state index in [1.807, 2.05) is 18.4 Å². The van der Waals surface area contributed by atoms with Gasteiger partial charge in [0.05, 0.1) is 0 Å². The molecule has 76 valence electrons. The molecular formula is C11H14FNS. The Kier molecular flexibility index (Phi) is 3.08. The van der Waals surface area contributed by atoms with Crippen molar-refractivity contribution in [1.82, 2.24) is 5.32 Å². The number of thioether (sulfide) groups is 1. The Bertz CT molecular complexity index is 321. The third-order valence-electron chi connectivity index (χ3n) is 2.71. The third kappa shape index (κ3) is 1.93. The van der Waals surface area contributed by atoms with Gasteiger partial charge < -0.3 is 5.32 Å². The van der Waals surface area contributed by atoms with Gasteiger partial charge in [-0.25, -0.2) is 4.39 Å². The van der Waals surface area contributed by atoms with E-state index in [0.29, 0.717) is 5.92 Å². The molecule has 1 nitrogen and oxygen atoms in total. The maximum atomic E-state index is 13.6. The van der Waals surface area contributed by atoms with Gasteiger partial charge in [-0.2, -0.15) is 0 Å². The van der Waals surface area contributed by atoms with Crippen LogP contribution in [0.1, 0.15) is 17.9 Å². The van der Waals surface area contributed by atoms with Crippen molar-refractivity contribution in [3.63, 3.8) is 0 Å². The van der Waals surface area contributed by atoms with Crippen LogP contribution in [-0.4, -0.2) is 19.3 Å². The van der Waals surface area contributed by atoms with Gasteiger partial charge in [0.1, 0.15) is 5.82 Å². The molecule has 1 aliphatic rings. The lowest BCUT2D eigenvalue weighted by molar-refractivity contribution is 0.585. The minimum atomic E-state index is -0.0504. The molecule has 1 atom stereocenters. The molecule has 0 radical (unpaired) electrons. The molecule has 0 bridgehead atoms. The van der Waals surface area contributed by atoms with Crippen LogP contribution in [0.5, 0.6) is 0 Å². The van der Waals surface area contributed by atoms with Gasteiger partial charge in [-0.1, -0.05) is 6.07 Å². The molecule has 1 N–H and O–H groups in total. The number of nitrogens with one attached hydrogen (secondary N) is 1. The molecule has 1 aromatic rings. The van der Waals surface area contributed by atoms with E-state index in [2.05, 4.69) is 5.32 Å². The Hall–Kier alpha value is -0.540. The average molecular weight is 211 g/mol. The summed E-state index contributed by atoms with van der Waals surface area (Å²) in [4.78, 5) is 0.997. The lowest BCUT2D eigenvalue weighted by atomic mass is 9.98. The SMILES string of the molecule is CSc1ccc(C2CCNC2)c(F)c1. The highest BCUT2D eigenvalue weighted by Gasteiger charge is 2.19. The first-order valence-corrected chi connectivity index (χ1v) is 6.08. The molecule has 1 saturated heterocycles. The van der Waals surface area contributed by atoms with Gasteiger partial charge in [-0.15, -0.1) is 11.8 Å². The summed E-state index contributed by atoms with van der Waals surface area (Å²) in [5.74, 6) is 0.316. The summed E-state index contributed by atoms with van der Waals surface area (Å²) in [6.45, 7) is 1.92. The molecule has 1 aromatic carbocycles. The zero-order valence-electron chi connectivity index (χ0n) is 8.22. The van der Waals surface area contributed by atoms with Crippen molar-refractivity contribution in [3.05, 3.63) is 29.6 Å². The van der Waals surface area contributed by atoms with Crippen LogP contribution >= 0.6 is 11.8 Å². The van der Waals surface area contributed by atoms with Crippen LogP contribution < -0.4 is 5.32 Å². The van der Waals surface area contributed by atoms with Crippen molar-refractivity contribution in [1.29, 1.82) is 0 Å². The van der Waals surface area contributed by atoms with Crippen molar-refractivity contribution in [3.8, 4) is 0 Å². The summed E-state index contributed by atoms with van der Waals surface area (Å²) in [6.07, 6.45) is 3.01. The van der Waals surface area contributed by atoms with Crippen LogP contribution in [0.4, 0.5) is 4.39 Å². The Labute approximate surface area is 88.1 Å². The maximum absolute atomic E-state index is 13.6. The highest BCUT2D eigenvalue weighted by molar-refractivity contribution is 7.98. The van der Waals surface area contributed by atoms with E-state index < -0.39 is 0 Å². The summed E-state index contributed by atoms with van der Waals surface area (Å²) in [7, 11) is 0. The Morgan fingerprint density at radius 1 is 1.50 bits per heavy atom. The normalized spacial score (nSPS) is 21.4. The van der Waals surface area contributed by atoms with Crippen molar-refractivity contribution in [2.24, 2.45) is 0 Å². The monoisotopic (exact) mass is 211 g/mol. The van der Waals surface area contributed by atoms with Crippen LogP contribution in [0.15, 0.2) is 23.1 Å². The number of benzene rings is 1. The van der Waals surface area contributed by atoms with Crippen molar-refractivity contribution in [2.45, 2.75) is 17.2 Å². The fourth-order valence-electron chi connectivity index (χ4n) is 1.89. The topological polar surface area (TPSA) is 12.0 Å². The Morgan fingerprint density at radius 3 is 2.93 bits per heavy atom. The van der Waals surface area contributed by atoms with Gasteiger partial charge in [0.25, 0.3) is 0 Å². The second-order valence-electron chi connectivity index (χ2n) is 3.58. The summed E-state index contributed by atoms with van der Waals surface area (Å²) < 4.78 is 13.6. The molecule has 0 spiro atoms. The minimum absolute atomic E-state index is 0.0504. The molecule has 14 heavy (non-hydrogen) atoms. The lowest BCUT2D eigenvalue weighted by Gasteiger charge is -2.10. The van der Waals surface area contributed by atoms with Crippen LogP contribution in [0, 0.1) is 5.82 Å². The van der Waals surface area contributed by atoms with Crippen molar-refractivity contribution in [2.75, 3.05) is 19.3 Å². The molecule has 2 rings (SSSR count). The summed E-state index contributed by atoms with van der Waals surface area (Å²) in [5, 5.41) is 3.25. The second kappa shape index (κ2) is 4.32. The van der Waals surface area contributed by atoms with E-state index in [1.54, 1.807) is 17.8 Å². The predicted octanol–water partition coefficient (Wildman–Crippen LogP) is 2.62. The summed E-state index contributed by atoms with van der Waals surface area (Å²) in [5.41, 5.74) is 0.868. The van der Waals surface area contributed by atoms with Gasteiger partial charge in [-0.05, 0) is 36.9 Å². The summed E-state index contributed by atoms with van der Waals surface area (Å²) in [6, 6.07) is 5.57. The van der Waals surface area contributed by atoms with Gasteiger partial charge >= 0.3 is 0 Å². The van der Waals surface area contributed by atoms with E-state index >= 15 is 0 Å². The fourth-order valence-corrected chi connectivity index (χ4v) is 2.31. The third-order valence-corrected chi connectivity index (χ3v) is 3.43. The first-order chi connectivity index (χ1) is 6.81. The smallest absolute Gasteiger partial charge is 0.127 e. The molecule has 0 aliphatic carbocycles. The number of halogens is 1. The van der Waals surface area contributed by atoms with Crippen LogP contribution in [0.2, 0.25) is 0 Å². The molecule has 1 fully saturated rings. The molecule has 3 heteroatoms. The van der Waals surface area contributed by atoms with Crippen molar-refractivity contribution >= 4 is 11.8 Å². The van der Waals surface area contributed by atoms with E-state index in [0.717, 1.165) is 30.0 Å². The van der Waals surface area contributed by atoms with Gasteiger partial charge in [0.15, 0.2) is 0 Å². The Balaban J connectivity index is 2.25. The fraction of sp³-hybridized carbons (Fsp3) is 0.455. The number of rotatable bonds is 2. The predicted molar refractivity (Wildman–Crippen MR) is 58.4 cm³/mol. The molecular weight excluding hydrogens is 197 g/mol. The minimum Gasteiger partial charge on any atom is -0.316 e. The van der Waals surface area contributed by atoms with Gasteiger partial charge in [0, 0.05) is 17.4 Å². The molecule has 1 heterocycles. The average Bonchev–Trinajstić information content (AvgIpc) is 2.70. The van der Waals surface area contributed by atoms with Crippen LogP contribution in [-0.2, 0) is 0 Å². The molecule has 1 aliphatic heterocycles. The van der Waals surface area contributed by atoms with Crippen LogP contribution in [0.3, 0.4) is 0 Å². The first kappa shape index (κ1) is 9.99. The van der Waals surface area contributed by atoms with E-state index in [9.17, 15) is 4.39 Å². The lowest BCUT2D eigenvalue weighted by Crippen LogP contribution is -2.08. The highest BCUT2D eigenvalue weighted by atomic mass is 32.2. The number of hydrogen-bond donors (Lipinski definition) is 1. The van der Waals surface area contributed by atoms with Crippen molar-refractivity contribution < 1.29 is 4.39 Å². The molecule has 0 amide bonds. The standard InChI is InChI=1S/C11H14FNS/c1-14-9-2-3-10(11(12)6-9)8-4-5-13-7-8/h2-3,6,8,13H,4-5,7H2,1H3. The Morgan fingerprint density at radius 2 is 2.36 bits per heavy atom. The second-order valence-corrected chi connectivity index (χ2v) is 4.46. The van der Waals surface area contributed by atoms with Gasteiger partial charge in [0.2, 0.25) is 0 Å². The first-order valence-electron chi connectivity index (χ1n) is 4.85. The van der Waals surface area contributed by atoms with Crippen LogP contribution in [0.25, 0.3) is 0 Å². The molecule has 0 saturated carbocycles. The zero-order chi connectivity index (χ0) is 9.97.